The molecule has 8 atom stereocenters. The molecule has 4 heterocycles. The largest absolute Gasteiger partial charge is 0.493 e. The Morgan fingerprint density at radius 3 is 2.10 bits per heavy atom. The number of benzene rings is 4. The van der Waals surface area contributed by atoms with Gasteiger partial charge in [-0.15, -0.1) is 11.3 Å². The van der Waals surface area contributed by atoms with Crippen molar-refractivity contribution in [2.75, 3.05) is 59.8 Å². The van der Waals surface area contributed by atoms with E-state index in [0.717, 1.165) is 149 Å². The Morgan fingerprint density at radius 1 is 0.691 bits per heavy atom. The normalized spacial score (nSPS) is 20.3. The second-order valence-corrected chi connectivity index (χ2v) is 28.1. The Balaban J connectivity index is 0.601. The van der Waals surface area contributed by atoms with Crippen LogP contribution in [-0.2, 0) is 53.0 Å². The molecule has 0 bridgehead atoms. The molecule has 5 aliphatic rings. The average molecular weight is 1350 g/mol. The van der Waals surface area contributed by atoms with Crippen LogP contribution in [0.25, 0.3) is 10.4 Å². The fraction of sp³-hybridized carbons (Fsp3) is 0.566. The number of aromatic nitrogens is 1. The van der Waals surface area contributed by atoms with Crippen LogP contribution < -0.4 is 35.5 Å². The van der Waals surface area contributed by atoms with E-state index in [0.29, 0.717) is 62.2 Å². The van der Waals surface area contributed by atoms with E-state index >= 15 is 0 Å². The number of ether oxygens (including phenoxy) is 5. The first kappa shape index (κ1) is 72.3. The molecular formula is C76H102N8O12S. The molecule has 5 N–H and O–H groups in total. The van der Waals surface area contributed by atoms with E-state index in [1.807, 2.05) is 99.1 Å². The monoisotopic (exact) mass is 1350 g/mol. The molecule has 2 saturated heterocycles. The van der Waals surface area contributed by atoms with Crippen molar-refractivity contribution in [1.82, 2.24) is 41.0 Å². The molecule has 4 aromatic carbocycles. The number of thiazole rings is 1. The van der Waals surface area contributed by atoms with Gasteiger partial charge in [0.05, 0.1) is 54.0 Å². The number of aliphatic hydroxyl groups is 1. The second kappa shape index (κ2) is 35.9. The number of aliphatic hydroxyl groups excluding tert-OH is 1. The summed E-state index contributed by atoms with van der Waals surface area (Å²) in [6, 6.07) is 25.3. The van der Waals surface area contributed by atoms with Crippen molar-refractivity contribution in [2.24, 2.45) is 11.8 Å². The first-order valence-electron chi connectivity index (χ1n) is 35.7. The van der Waals surface area contributed by atoms with Crippen LogP contribution in [0.1, 0.15) is 174 Å². The summed E-state index contributed by atoms with van der Waals surface area (Å²) in [5.41, 5.74) is 8.24. The van der Waals surface area contributed by atoms with Crippen LogP contribution in [0.5, 0.6) is 17.2 Å². The molecule has 5 aromatic rings. The highest BCUT2D eigenvalue weighted by atomic mass is 32.1. The summed E-state index contributed by atoms with van der Waals surface area (Å²) >= 11 is 1.54. The lowest BCUT2D eigenvalue weighted by Crippen LogP contribution is -2.58. The summed E-state index contributed by atoms with van der Waals surface area (Å²) in [6.45, 7) is 11.5. The molecule has 2 aliphatic carbocycles. The van der Waals surface area contributed by atoms with Crippen molar-refractivity contribution in [3.05, 3.63) is 130 Å². The summed E-state index contributed by atoms with van der Waals surface area (Å²) < 4.78 is 31.1. The summed E-state index contributed by atoms with van der Waals surface area (Å²) in [5.74, 6) is 0.0692. The van der Waals surface area contributed by atoms with Crippen LogP contribution in [0, 0.1) is 18.8 Å². The molecule has 6 amide bonds. The molecule has 1 saturated carbocycles. The minimum atomic E-state index is -0.906. The molecule has 1 aromatic heterocycles. The number of amides is 6. The number of hydrogen-bond acceptors (Lipinski definition) is 15. The maximum absolute atomic E-state index is 14.9. The fourth-order valence-electron chi connectivity index (χ4n) is 14.5. The standard InChI is InChI=1S/C76H102N8O12S/c1-50(2)69(84-46-57-26-14-16-31-63(57)74(84)89)76(91)82-47-58(85)42-65(82)72(87)78-45-56-34-33-55(70-51(3)79-49-97-70)41-67(56)95-40-39-93-37-19-7-6-17-35-92-36-18-8-9-20-38-94-59-28-22-29-60(43-59)96-61-44-66(73(88)80-64-32-21-27-53-23-13-15-30-62(53)64)83(48-61)75(90)68(54-24-11-10-12-25-54)81-71(86)52(4)77-5/h13-16,22-23,26,28-31,33-34,41,43,49-50,52,54,58,61,64-66,68-69,77,85H,6-12,17-21,24-25,27,32,35-40,42,44-48H2,1-5H3,(H,78,87)(H,80,88)(H,81,86)/t52-,58+,61-,64+,65-,66-,68-,69-/m0/s1. The highest BCUT2D eigenvalue weighted by Gasteiger charge is 2.48. The van der Waals surface area contributed by atoms with Gasteiger partial charge in [-0.2, -0.15) is 0 Å². The summed E-state index contributed by atoms with van der Waals surface area (Å²) in [4.78, 5) is 94.7. The highest BCUT2D eigenvalue weighted by molar-refractivity contribution is 7.13. The number of carbonyl (C=O) groups is 6. The number of hydrogen-bond donors (Lipinski definition) is 5. The number of likely N-dealkylation sites (tertiary alicyclic amines) is 2. The number of carbonyl (C=O) groups excluding carboxylic acids is 6. The number of nitrogens with zero attached hydrogens (tertiary/aromatic N) is 4. The van der Waals surface area contributed by atoms with E-state index in [4.69, 9.17) is 23.7 Å². The number of nitrogens with one attached hydrogen (secondary N) is 4. The Morgan fingerprint density at radius 2 is 1.38 bits per heavy atom. The molecule has 0 spiro atoms. The van der Waals surface area contributed by atoms with Crippen LogP contribution in [0.3, 0.4) is 0 Å². The van der Waals surface area contributed by atoms with E-state index in [2.05, 4.69) is 38.4 Å². The molecule has 3 fully saturated rings. The topological polar surface area (TPSA) is 240 Å². The van der Waals surface area contributed by atoms with E-state index < -0.39 is 42.4 Å². The fourth-order valence-corrected chi connectivity index (χ4v) is 15.3. The smallest absolute Gasteiger partial charge is 0.255 e. The zero-order valence-corrected chi connectivity index (χ0v) is 58.3. The van der Waals surface area contributed by atoms with Crippen molar-refractivity contribution in [2.45, 2.75) is 205 Å². The van der Waals surface area contributed by atoms with Crippen molar-refractivity contribution in [1.29, 1.82) is 0 Å². The molecule has 97 heavy (non-hydrogen) atoms. The minimum absolute atomic E-state index is 0.00327. The van der Waals surface area contributed by atoms with Gasteiger partial charge in [-0.05, 0) is 143 Å². The lowest BCUT2D eigenvalue weighted by atomic mass is 9.83. The van der Waals surface area contributed by atoms with Gasteiger partial charge in [-0.25, -0.2) is 4.98 Å². The molecule has 524 valence electrons. The predicted molar refractivity (Wildman–Crippen MR) is 373 cm³/mol. The number of likely N-dealkylation sites (N-methyl/N-ethyl adjacent to an activating group) is 1. The van der Waals surface area contributed by atoms with Gasteiger partial charge in [0, 0.05) is 69.5 Å². The van der Waals surface area contributed by atoms with Crippen LogP contribution in [0.4, 0.5) is 0 Å². The van der Waals surface area contributed by atoms with Crippen LogP contribution in [-0.4, -0.2) is 162 Å². The summed E-state index contributed by atoms with van der Waals surface area (Å²) in [5, 5.41) is 23.3. The third-order valence-corrected chi connectivity index (χ3v) is 20.9. The van der Waals surface area contributed by atoms with Crippen molar-refractivity contribution < 1.29 is 57.6 Å². The van der Waals surface area contributed by atoms with Gasteiger partial charge in [0.15, 0.2) is 0 Å². The maximum atomic E-state index is 14.9. The molecule has 0 unspecified atom stereocenters. The van der Waals surface area contributed by atoms with Crippen LogP contribution >= 0.6 is 11.3 Å². The average Bonchev–Trinajstić information content (AvgIpc) is 1.64. The van der Waals surface area contributed by atoms with Crippen molar-refractivity contribution in [3.8, 4) is 27.7 Å². The van der Waals surface area contributed by atoms with Gasteiger partial charge in [0.1, 0.15) is 54.1 Å². The zero-order valence-electron chi connectivity index (χ0n) is 57.4. The third-order valence-electron chi connectivity index (χ3n) is 19.9. The Hall–Kier alpha value is -7.43. The minimum Gasteiger partial charge on any atom is -0.493 e. The molecule has 21 heteroatoms. The Kier molecular flexibility index (Phi) is 26.8. The van der Waals surface area contributed by atoms with Crippen LogP contribution in [0.15, 0.2) is 96.5 Å². The SMILES string of the molecule is CN[C@@H](C)C(=O)N[C@H](C(=O)N1C[C@@H](Oc2cccc(OCCCCCCOCCCCCCOCCOc3cc(-c4scnc4C)ccc3CNC(=O)[C@@H]3C[C@@H](O)CN3C(=O)[C@H](C(C)C)N3Cc4ccccc4C3=O)c2)C[C@H]1C(=O)N[C@@H]1CCCc2ccccc21)C1CCCCC1. The lowest BCUT2D eigenvalue weighted by Gasteiger charge is -2.35. The quantitative estimate of drug-likeness (QED) is 0.0237. The van der Waals surface area contributed by atoms with E-state index in [-0.39, 0.29) is 79.4 Å². The summed E-state index contributed by atoms with van der Waals surface area (Å²) in [6.07, 6.45) is 14.5. The van der Waals surface area contributed by atoms with E-state index in [9.17, 15) is 33.9 Å². The van der Waals surface area contributed by atoms with E-state index in [1.165, 1.54) is 10.5 Å². The number of unbranched alkanes of at least 4 members (excludes halogenated alkanes) is 6. The Labute approximate surface area is 576 Å². The van der Waals surface area contributed by atoms with Crippen LogP contribution in [0.2, 0.25) is 0 Å². The lowest BCUT2D eigenvalue weighted by molar-refractivity contribution is -0.143. The van der Waals surface area contributed by atoms with Crippen molar-refractivity contribution in [3.63, 3.8) is 0 Å². The number of fused-ring (bicyclic) bond motifs is 2. The van der Waals surface area contributed by atoms with Gasteiger partial charge < -0.3 is 64.8 Å². The maximum Gasteiger partial charge on any atom is 0.255 e. The molecule has 3 aliphatic heterocycles. The predicted octanol–water partition coefficient (Wildman–Crippen LogP) is 10.2. The summed E-state index contributed by atoms with van der Waals surface area (Å²) in [7, 11) is 1.73. The first-order chi connectivity index (χ1) is 47.1. The van der Waals surface area contributed by atoms with E-state index in [1.54, 1.807) is 41.2 Å². The van der Waals surface area contributed by atoms with Gasteiger partial charge in [-0.1, -0.05) is 113 Å². The van der Waals surface area contributed by atoms with Gasteiger partial charge in [0.2, 0.25) is 29.5 Å². The molecule has 0 radical (unpaired) electrons. The zero-order chi connectivity index (χ0) is 68.2. The third kappa shape index (κ3) is 19.3. The molecule has 10 rings (SSSR count). The second-order valence-electron chi connectivity index (χ2n) is 27.2. The molecule has 20 nitrogen and oxygen atoms in total. The Bertz CT molecular complexity index is 3430. The van der Waals surface area contributed by atoms with Gasteiger partial charge in [-0.3, -0.25) is 28.8 Å². The van der Waals surface area contributed by atoms with Gasteiger partial charge >= 0.3 is 0 Å². The molecular weight excluding hydrogens is 1250 g/mol. The first-order valence-corrected chi connectivity index (χ1v) is 36.6. The number of β-amino-alcohol motifs (C(OH)–C–C–N with tert-alkyl or cyclic N) is 1. The van der Waals surface area contributed by atoms with Crippen molar-refractivity contribution >= 4 is 46.8 Å². The van der Waals surface area contributed by atoms with Gasteiger partial charge in [0.25, 0.3) is 5.91 Å². The number of rotatable bonds is 35. The highest BCUT2D eigenvalue weighted by Crippen LogP contribution is 2.37. The number of aryl methyl sites for hydroxylation is 2.